The van der Waals surface area contributed by atoms with Gasteiger partial charge in [0.2, 0.25) is 10.0 Å². The first-order valence-corrected chi connectivity index (χ1v) is 10.8. The third kappa shape index (κ3) is 3.41. The van der Waals surface area contributed by atoms with Crippen molar-refractivity contribution in [2.24, 2.45) is 0 Å². The van der Waals surface area contributed by atoms with E-state index in [1.165, 1.54) is 31.0 Å². The van der Waals surface area contributed by atoms with E-state index < -0.39 is 15.8 Å². The van der Waals surface area contributed by atoms with Gasteiger partial charge >= 0.3 is 0 Å². The first-order valence-electron chi connectivity index (χ1n) is 8.53. The quantitative estimate of drug-likeness (QED) is 0.752. The van der Waals surface area contributed by atoms with E-state index in [0.29, 0.717) is 25.2 Å². The average Bonchev–Trinajstić information content (AvgIpc) is 2.86. The molecule has 0 N–H and O–H groups in total. The van der Waals surface area contributed by atoms with Crippen LogP contribution in [0, 0.1) is 5.82 Å². The number of rotatable bonds is 3. The monoisotopic (exact) mass is 418 g/mol. The number of hydrogen-bond donors (Lipinski definition) is 0. The summed E-state index contributed by atoms with van der Waals surface area (Å²) in [5.74, 6) is -0.447. The maximum Gasteiger partial charge on any atom is 0.244 e. The van der Waals surface area contributed by atoms with Crippen LogP contribution in [0.1, 0.15) is 39.5 Å². The molecule has 2 aliphatic heterocycles. The van der Waals surface area contributed by atoms with Crippen LogP contribution in [-0.4, -0.2) is 48.8 Å². The van der Waals surface area contributed by atoms with Crippen molar-refractivity contribution >= 4 is 26.0 Å². The minimum Gasteiger partial charge on any atom is -0.294 e. The molecule has 0 unspecified atom stereocenters. The van der Waals surface area contributed by atoms with Gasteiger partial charge in [0.25, 0.3) is 0 Å². The van der Waals surface area contributed by atoms with Crippen LogP contribution in [-0.2, 0) is 10.0 Å². The summed E-state index contributed by atoms with van der Waals surface area (Å²) in [6.07, 6.45) is 4.24. The molecule has 0 radical (unpaired) electrons. The van der Waals surface area contributed by atoms with E-state index in [0.717, 1.165) is 12.8 Å². The molecule has 0 aliphatic carbocycles. The Labute approximate surface area is 152 Å². The first-order chi connectivity index (χ1) is 11.3. The van der Waals surface area contributed by atoms with Crippen molar-refractivity contribution in [1.29, 1.82) is 0 Å². The summed E-state index contributed by atoms with van der Waals surface area (Å²) in [4.78, 5) is 2.63. The average molecular weight is 419 g/mol. The Morgan fingerprint density at radius 1 is 1.17 bits per heavy atom. The molecule has 0 spiro atoms. The number of likely N-dealkylation sites (tertiary alicyclic amines) is 1. The van der Waals surface area contributed by atoms with Gasteiger partial charge in [0.05, 0.1) is 4.90 Å². The summed E-state index contributed by atoms with van der Waals surface area (Å²) in [5, 5.41) is 0. The molecule has 3 atom stereocenters. The molecule has 0 bridgehead atoms. The fourth-order valence-corrected chi connectivity index (χ4v) is 6.67. The van der Waals surface area contributed by atoms with Gasteiger partial charge in [-0.25, -0.2) is 12.8 Å². The lowest BCUT2D eigenvalue weighted by Gasteiger charge is -2.41. The van der Waals surface area contributed by atoms with E-state index in [1.807, 2.05) is 0 Å². The van der Waals surface area contributed by atoms with Crippen LogP contribution in [0.4, 0.5) is 4.39 Å². The van der Waals surface area contributed by atoms with Crippen LogP contribution in [0.2, 0.25) is 0 Å². The highest BCUT2D eigenvalue weighted by Gasteiger charge is 2.38. The Morgan fingerprint density at radius 3 is 2.46 bits per heavy atom. The van der Waals surface area contributed by atoms with E-state index in [9.17, 15) is 12.8 Å². The molecule has 24 heavy (non-hydrogen) atoms. The van der Waals surface area contributed by atoms with Gasteiger partial charge in [-0.15, -0.1) is 0 Å². The van der Waals surface area contributed by atoms with Gasteiger partial charge in [-0.2, -0.15) is 4.31 Å². The van der Waals surface area contributed by atoms with Gasteiger partial charge in [0, 0.05) is 35.7 Å². The van der Waals surface area contributed by atoms with Crippen LogP contribution in [0.15, 0.2) is 27.6 Å². The lowest BCUT2D eigenvalue weighted by molar-refractivity contribution is 0.0979. The second-order valence-corrected chi connectivity index (χ2v) is 9.72. The van der Waals surface area contributed by atoms with Gasteiger partial charge in [0.15, 0.2) is 0 Å². The van der Waals surface area contributed by atoms with Gasteiger partial charge in [-0.1, -0.05) is 0 Å². The van der Waals surface area contributed by atoms with Crippen LogP contribution in [0.5, 0.6) is 0 Å². The molecule has 2 heterocycles. The highest BCUT2D eigenvalue weighted by atomic mass is 79.9. The summed E-state index contributed by atoms with van der Waals surface area (Å²) in [7, 11) is -3.61. The largest absolute Gasteiger partial charge is 0.294 e. The number of sulfonamides is 1. The van der Waals surface area contributed by atoms with Crippen LogP contribution in [0.3, 0.4) is 0 Å². The van der Waals surface area contributed by atoms with E-state index in [4.69, 9.17) is 0 Å². The minimum absolute atomic E-state index is 0.145. The molecule has 2 fully saturated rings. The normalized spacial score (nSPS) is 29.9. The van der Waals surface area contributed by atoms with Crippen LogP contribution < -0.4 is 0 Å². The molecule has 134 valence electrons. The highest BCUT2D eigenvalue weighted by molar-refractivity contribution is 9.10. The standard InChI is InChI=1S/C17H24BrFN2O2S/c1-12-5-6-13(2)21(12)15-4-3-9-20(11-15)24(22,23)17-8-7-14(19)10-16(17)18/h7-8,10,12-13,15H,3-6,9,11H2,1-2H3/t12-,13+,15-/m1/s1. The SMILES string of the molecule is C[C@@H]1CC[C@H](C)N1[C@@H]1CCCN(S(=O)(=O)c2ccc(F)cc2Br)C1. The maximum absolute atomic E-state index is 13.3. The summed E-state index contributed by atoms with van der Waals surface area (Å²) in [5.41, 5.74) is 0. The van der Waals surface area contributed by atoms with Crippen molar-refractivity contribution < 1.29 is 12.8 Å². The van der Waals surface area contributed by atoms with Gasteiger partial charge in [-0.3, -0.25) is 4.90 Å². The lowest BCUT2D eigenvalue weighted by atomic mass is 10.0. The third-order valence-electron chi connectivity index (χ3n) is 5.31. The smallest absolute Gasteiger partial charge is 0.244 e. The molecule has 4 nitrogen and oxygen atoms in total. The molecular formula is C17H24BrFN2O2S. The lowest BCUT2D eigenvalue weighted by Crippen LogP contribution is -2.52. The fraction of sp³-hybridized carbons (Fsp3) is 0.647. The predicted octanol–water partition coefficient (Wildman–Crippen LogP) is 3.61. The molecule has 1 aromatic rings. The molecule has 3 rings (SSSR count). The molecule has 1 aromatic carbocycles. The Kier molecular flexibility index (Phi) is 5.35. The van der Waals surface area contributed by atoms with Gasteiger partial charge in [-0.05, 0) is 73.7 Å². The van der Waals surface area contributed by atoms with Crippen molar-refractivity contribution in [1.82, 2.24) is 9.21 Å². The second kappa shape index (κ2) is 7.02. The fourth-order valence-electron chi connectivity index (χ4n) is 4.14. The zero-order valence-corrected chi connectivity index (χ0v) is 16.5. The number of halogens is 2. The van der Waals surface area contributed by atoms with E-state index in [-0.39, 0.29) is 15.4 Å². The van der Waals surface area contributed by atoms with Crippen molar-refractivity contribution in [3.63, 3.8) is 0 Å². The predicted molar refractivity (Wildman–Crippen MR) is 95.9 cm³/mol. The van der Waals surface area contributed by atoms with Crippen molar-refractivity contribution in [2.75, 3.05) is 13.1 Å². The minimum atomic E-state index is -3.61. The van der Waals surface area contributed by atoms with Crippen LogP contribution >= 0.6 is 15.9 Å². The number of nitrogens with zero attached hydrogens (tertiary/aromatic N) is 2. The zero-order chi connectivity index (χ0) is 17.5. The van der Waals surface area contributed by atoms with Crippen molar-refractivity contribution in [3.8, 4) is 0 Å². The Bertz CT molecular complexity index is 703. The highest BCUT2D eigenvalue weighted by Crippen LogP contribution is 2.33. The van der Waals surface area contributed by atoms with E-state index in [1.54, 1.807) is 4.31 Å². The van der Waals surface area contributed by atoms with Gasteiger partial charge in [0.1, 0.15) is 5.82 Å². The summed E-state index contributed by atoms with van der Waals surface area (Å²) >= 11 is 3.19. The number of hydrogen-bond acceptors (Lipinski definition) is 3. The molecular weight excluding hydrogens is 395 g/mol. The molecule has 2 aliphatic rings. The Hall–Kier alpha value is -0.500. The van der Waals surface area contributed by atoms with Crippen molar-refractivity contribution in [2.45, 2.75) is 62.6 Å². The molecule has 2 saturated heterocycles. The summed E-state index contributed by atoms with van der Waals surface area (Å²) in [6, 6.07) is 5.03. The topological polar surface area (TPSA) is 40.6 Å². The number of benzene rings is 1. The third-order valence-corrected chi connectivity index (χ3v) is 8.15. The Morgan fingerprint density at radius 2 is 1.83 bits per heavy atom. The van der Waals surface area contributed by atoms with Gasteiger partial charge < -0.3 is 0 Å². The van der Waals surface area contributed by atoms with Crippen LogP contribution in [0.25, 0.3) is 0 Å². The van der Waals surface area contributed by atoms with E-state index >= 15 is 0 Å². The number of piperidine rings is 1. The molecule has 0 saturated carbocycles. The second-order valence-electron chi connectivity index (χ2n) is 6.96. The summed E-state index contributed by atoms with van der Waals surface area (Å²) in [6.45, 7) is 5.50. The molecule has 7 heteroatoms. The van der Waals surface area contributed by atoms with E-state index in [2.05, 4.69) is 34.7 Å². The van der Waals surface area contributed by atoms with Crippen molar-refractivity contribution in [3.05, 3.63) is 28.5 Å². The molecule has 0 aromatic heterocycles. The Balaban J connectivity index is 1.83. The maximum atomic E-state index is 13.3. The summed E-state index contributed by atoms with van der Waals surface area (Å²) < 4.78 is 41.1. The first kappa shape index (κ1) is 18.3. The zero-order valence-electron chi connectivity index (χ0n) is 14.1. The molecule has 0 amide bonds.